The molecule has 0 aliphatic carbocycles. The van der Waals surface area contributed by atoms with Crippen molar-refractivity contribution in [3.05, 3.63) is 95.6 Å². The molecule has 35 heavy (non-hydrogen) atoms. The molecule has 0 bridgehead atoms. The molecular weight excluding hydrogens is 460 g/mol. The van der Waals surface area contributed by atoms with Crippen molar-refractivity contribution < 1.29 is 17.9 Å². The van der Waals surface area contributed by atoms with Crippen LogP contribution < -0.4 is 14.4 Å². The van der Waals surface area contributed by atoms with Crippen molar-refractivity contribution in [1.82, 2.24) is 5.32 Å². The van der Waals surface area contributed by atoms with E-state index in [9.17, 15) is 13.2 Å². The van der Waals surface area contributed by atoms with Crippen LogP contribution in [0.1, 0.15) is 60.6 Å². The van der Waals surface area contributed by atoms with Gasteiger partial charge in [-0.3, -0.25) is 9.10 Å². The van der Waals surface area contributed by atoms with E-state index in [0.717, 1.165) is 29.7 Å². The first kappa shape index (κ1) is 24.8. The number of nitrogens with zero attached hydrogens (tertiary/aromatic N) is 1. The van der Waals surface area contributed by atoms with E-state index in [1.54, 1.807) is 24.3 Å². The topological polar surface area (TPSA) is 75.7 Å². The number of rotatable bonds is 8. The normalized spacial score (nSPS) is 16.6. The first-order chi connectivity index (χ1) is 16.7. The van der Waals surface area contributed by atoms with Gasteiger partial charge in [-0.25, -0.2) is 8.42 Å². The maximum atomic E-state index is 13.2. The summed E-state index contributed by atoms with van der Waals surface area (Å²) in [6, 6.07) is 23.8. The van der Waals surface area contributed by atoms with Crippen molar-refractivity contribution in [3.8, 4) is 5.75 Å². The number of hydrogen-bond acceptors (Lipinski definition) is 4. The lowest BCUT2D eigenvalue weighted by atomic mass is 9.83. The third-order valence-corrected chi connectivity index (χ3v) is 7.92. The molecule has 1 atom stereocenters. The predicted octanol–water partition coefficient (Wildman–Crippen LogP) is 5.47. The van der Waals surface area contributed by atoms with Gasteiger partial charge in [0.2, 0.25) is 10.0 Å². The van der Waals surface area contributed by atoms with Gasteiger partial charge in [-0.05, 0) is 48.7 Å². The lowest BCUT2D eigenvalue weighted by Crippen LogP contribution is -2.44. The zero-order chi connectivity index (χ0) is 25.1. The Bertz CT molecular complexity index is 1270. The number of para-hydroxylation sites is 1. The van der Waals surface area contributed by atoms with E-state index in [1.165, 1.54) is 10.6 Å². The molecule has 1 aliphatic heterocycles. The fourth-order valence-electron chi connectivity index (χ4n) is 4.60. The molecule has 0 spiro atoms. The molecule has 0 radical (unpaired) electrons. The highest BCUT2D eigenvalue weighted by molar-refractivity contribution is 7.92. The van der Waals surface area contributed by atoms with Gasteiger partial charge in [0.1, 0.15) is 11.4 Å². The number of sulfonamides is 1. The SMILES string of the molecule is CCC1(CC)C[C@H](NC(=O)c2ccc(N(Cc3ccccc3)S(C)(=O)=O)cc2)c2ccccc2O1. The molecule has 1 amide bonds. The van der Waals surface area contributed by atoms with Crippen LogP contribution >= 0.6 is 0 Å². The fraction of sp³-hybridized carbons (Fsp3) is 0.321. The Morgan fingerprint density at radius 3 is 2.23 bits per heavy atom. The Kier molecular flexibility index (Phi) is 7.17. The second kappa shape index (κ2) is 10.1. The van der Waals surface area contributed by atoms with Gasteiger partial charge < -0.3 is 10.1 Å². The van der Waals surface area contributed by atoms with Gasteiger partial charge in [0.25, 0.3) is 5.91 Å². The summed E-state index contributed by atoms with van der Waals surface area (Å²) in [5.41, 5.74) is 2.53. The molecule has 7 heteroatoms. The molecule has 0 saturated heterocycles. The van der Waals surface area contributed by atoms with E-state index in [4.69, 9.17) is 4.74 Å². The number of amides is 1. The minimum atomic E-state index is -3.51. The molecule has 0 unspecified atom stereocenters. The van der Waals surface area contributed by atoms with Gasteiger partial charge in [0, 0.05) is 17.5 Å². The van der Waals surface area contributed by atoms with Crippen LogP contribution in [0.15, 0.2) is 78.9 Å². The number of nitrogens with one attached hydrogen (secondary N) is 1. The van der Waals surface area contributed by atoms with Crippen LogP contribution in [0, 0.1) is 0 Å². The van der Waals surface area contributed by atoms with Gasteiger partial charge in [-0.2, -0.15) is 0 Å². The van der Waals surface area contributed by atoms with Crippen molar-refractivity contribution in [2.45, 2.75) is 51.3 Å². The molecule has 3 aromatic rings. The van der Waals surface area contributed by atoms with Crippen molar-refractivity contribution in [2.75, 3.05) is 10.6 Å². The third-order valence-electron chi connectivity index (χ3n) is 6.78. The van der Waals surface area contributed by atoms with E-state index in [2.05, 4.69) is 19.2 Å². The summed E-state index contributed by atoms with van der Waals surface area (Å²) in [4.78, 5) is 13.2. The Morgan fingerprint density at radius 2 is 1.60 bits per heavy atom. The van der Waals surface area contributed by atoms with Crippen LogP contribution in [0.4, 0.5) is 5.69 Å². The van der Waals surface area contributed by atoms with E-state index in [0.29, 0.717) is 17.7 Å². The van der Waals surface area contributed by atoms with E-state index >= 15 is 0 Å². The average Bonchev–Trinajstić information content (AvgIpc) is 2.87. The van der Waals surface area contributed by atoms with Crippen molar-refractivity contribution in [1.29, 1.82) is 0 Å². The quantitative estimate of drug-likeness (QED) is 0.453. The summed E-state index contributed by atoms with van der Waals surface area (Å²) in [5.74, 6) is 0.612. The number of carbonyl (C=O) groups is 1. The molecule has 6 nitrogen and oxygen atoms in total. The molecule has 0 aromatic heterocycles. The fourth-order valence-corrected chi connectivity index (χ4v) is 5.49. The van der Waals surface area contributed by atoms with Crippen molar-refractivity contribution in [3.63, 3.8) is 0 Å². The van der Waals surface area contributed by atoms with Gasteiger partial charge in [0.15, 0.2) is 0 Å². The maximum absolute atomic E-state index is 13.2. The lowest BCUT2D eigenvalue weighted by molar-refractivity contribution is 0.0227. The summed E-state index contributed by atoms with van der Waals surface area (Å²) in [5, 5.41) is 3.18. The summed E-state index contributed by atoms with van der Waals surface area (Å²) < 4.78 is 32.7. The molecule has 1 aliphatic rings. The van der Waals surface area contributed by atoms with Crippen LogP contribution in [0.5, 0.6) is 5.75 Å². The second-order valence-electron chi connectivity index (χ2n) is 9.06. The number of benzene rings is 3. The predicted molar refractivity (Wildman–Crippen MR) is 139 cm³/mol. The zero-order valence-corrected chi connectivity index (χ0v) is 21.2. The summed E-state index contributed by atoms with van der Waals surface area (Å²) >= 11 is 0. The van der Waals surface area contributed by atoms with Gasteiger partial charge in [0.05, 0.1) is 24.5 Å². The van der Waals surface area contributed by atoms with Gasteiger partial charge >= 0.3 is 0 Å². The molecule has 4 rings (SSSR count). The monoisotopic (exact) mass is 492 g/mol. The molecule has 184 valence electrons. The van der Waals surface area contributed by atoms with Crippen LogP contribution in [0.25, 0.3) is 0 Å². The number of fused-ring (bicyclic) bond motifs is 1. The van der Waals surface area contributed by atoms with Gasteiger partial charge in [-0.15, -0.1) is 0 Å². The second-order valence-corrected chi connectivity index (χ2v) is 11.0. The van der Waals surface area contributed by atoms with Crippen LogP contribution in [-0.4, -0.2) is 26.2 Å². The smallest absolute Gasteiger partial charge is 0.251 e. The van der Waals surface area contributed by atoms with Crippen LogP contribution in [0.3, 0.4) is 0 Å². The zero-order valence-electron chi connectivity index (χ0n) is 20.4. The average molecular weight is 493 g/mol. The number of ether oxygens (including phenoxy) is 1. The Hall–Kier alpha value is -3.32. The van der Waals surface area contributed by atoms with Crippen LogP contribution in [0.2, 0.25) is 0 Å². The Labute approximate surface area is 208 Å². The first-order valence-electron chi connectivity index (χ1n) is 11.9. The largest absolute Gasteiger partial charge is 0.487 e. The standard InChI is InChI=1S/C28H32N2O4S/c1-4-28(5-2)19-25(24-13-9-10-14-26(24)34-28)29-27(31)22-15-17-23(18-16-22)30(35(3,32)33)20-21-11-7-6-8-12-21/h6-18,25H,4-5,19-20H2,1-3H3,(H,29,31)/t25-/m0/s1. The number of carbonyl (C=O) groups excluding carboxylic acids is 1. The highest BCUT2D eigenvalue weighted by Gasteiger charge is 2.39. The molecule has 0 saturated carbocycles. The summed E-state index contributed by atoms with van der Waals surface area (Å²) in [6.07, 6.45) is 3.58. The molecular formula is C28H32N2O4S. The first-order valence-corrected chi connectivity index (χ1v) is 13.8. The third kappa shape index (κ3) is 5.51. The molecule has 0 fully saturated rings. The summed E-state index contributed by atoms with van der Waals surface area (Å²) in [6.45, 7) is 4.44. The highest BCUT2D eigenvalue weighted by atomic mass is 32.2. The maximum Gasteiger partial charge on any atom is 0.251 e. The lowest BCUT2D eigenvalue weighted by Gasteiger charge is -2.41. The van der Waals surface area contributed by atoms with Gasteiger partial charge in [-0.1, -0.05) is 62.4 Å². The molecule has 1 heterocycles. The summed E-state index contributed by atoms with van der Waals surface area (Å²) in [7, 11) is -3.51. The minimum absolute atomic E-state index is 0.169. The number of anilines is 1. The van der Waals surface area contributed by atoms with Crippen LogP contribution in [-0.2, 0) is 16.6 Å². The Morgan fingerprint density at radius 1 is 0.971 bits per heavy atom. The van der Waals surface area contributed by atoms with E-state index < -0.39 is 10.0 Å². The molecule has 1 N–H and O–H groups in total. The van der Waals surface area contributed by atoms with E-state index in [-0.39, 0.29) is 24.1 Å². The van der Waals surface area contributed by atoms with Crippen molar-refractivity contribution in [2.24, 2.45) is 0 Å². The molecule has 3 aromatic carbocycles. The number of hydrogen-bond donors (Lipinski definition) is 1. The minimum Gasteiger partial charge on any atom is -0.487 e. The highest BCUT2D eigenvalue weighted by Crippen LogP contribution is 2.42. The van der Waals surface area contributed by atoms with E-state index in [1.807, 2.05) is 54.6 Å². The Balaban J connectivity index is 1.55. The van der Waals surface area contributed by atoms with Crippen molar-refractivity contribution >= 4 is 21.6 Å².